The lowest BCUT2D eigenvalue weighted by molar-refractivity contribution is 0.615. The first-order valence-electron chi connectivity index (χ1n) is 7.08. The second kappa shape index (κ2) is 5.63. The van der Waals surface area contributed by atoms with Gasteiger partial charge in [-0.1, -0.05) is 30.3 Å². The third-order valence-corrected chi connectivity index (χ3v) is 3.99. The van der Waals surface area contributed by atoms with Gasteiger partial charge in [0.15, 0.2) is 0 Å². The maximum atomic E-state index is 12.9. The van der Waals surface area contributed by atoms with E-state index in [0.717, 1.165) is 31.5 Å². The molecule has 3 heteroatoms. The number of anilines is 1. The lowest BCUT2D eigenvalue weighted by Crippen LogP contribution is -2.25. The molecule has 0 aliphatic carbocycles. The van der Waals surface area contributed by atoms with Gasteiger partial charge in [0, 0.05) is 24.8 Å². The Hall–Kier alpha value is -1.87. The zero-order chi connectivity index (χ0) is 13.9. The number of halogens is 1. The van der Waals surface area contributed by atoms with E-state index < -0.39 is 0 Å². The summed E-state index contributed by atoms with van der Waals surface area (Å²) in [6.07, 6.45) is 1.99. The van der Waals surface area contributed by atoms with E-state index >= 15 is 0 Å². The number of fused-ring (bicyclic) bond motifs is 1. The molecule has 1 heterocycles. The Kier molecular flexibility index (Phi) is 3.70. The molecule has 0 fully saturated rings. The van der Waals surface area contributed by atoms with Gasteiger partial charge in [0.2, 0.25) is 0 Å². The van der Waals surface area contributed by atoms with Gasteiger partial charge >= 0.3 is 0 Å². The van der Waals surface area contributed by atoms with Gasteiger partial charge in [-0.05, 0) is 42.2 Å². The van der Waals surface area contributed by atoms with E-state index in [0.29, 0.717) is 0 Å². The highest BCUT2D eigenvalue weighted by Crippen LogP contribution is 2.28. The summed E-state index contributed by atoms with van der Waals surface area (Å²) in [5, 5.41) is 0. The van der Waals surface area contributed by atoms with Crippen molar-refractivity contribution in [2.24, 2.45) is 5.73 Å². The Morgan fingerprint density at radius 2 is 1.85 bits per heavy atom. The predicted octanol–water partition coefficient (Wildman–Crippen LogP) is 3.28. The number of rotatable bonds is 4. The molecule has 0 bridgehead atoms. The molecule has 0 saturated heterocycles. The third kappa shape index (κ3) is 2.68. The van der Waals surface area contributed by atoms with Crippen molar-refractivity contribution in [3.8, 4) is 0 Å². The Labute approximate surface area is 119 Å². The third-order valence-electron chi connectivity index (χ3n) is 3.99. The van der Waals surface area contributed by atoms with Crippen LogP contribution in [0.15, 0.2) is 48.5 Å². The van der Waals surface area contributed by atoms with Crippen LogP contribution in [0.1, 0.15) is 23.6 Å². The van der Waals surface area contributed by atoms with Crippen LogP contribution >= 0.6 is 0 Å². The summed E-state index contributed by atoms with van der Waals surface area (Å²) in [6.45, 7) is 2.01. The molecular formula is C17H19FN2. The average Bonchev–Trinajstić information content (AvgIpc) is 2.89. The topological polar surface area (TPSA) is 29.3 Å². The molecule has 0 spiro atoms. The zero-order valence-corrected chi connectivity index (χ0v) is 11.4. The minimum Gasteiger partial charge on any atom is -0.371 e. The number of nitrogens with two attached hydrogens (primary N) is 1. The van der Waals surface area contributed by atoms with Crippen LogP contribution in [0.5, 0.6) is 0 Å². The van der Waals surface area contributed by atoms with Crippen LogP contribution in [0.2, 0.25) is 0 Å². The highest BCUT2D eigenvalue weighted by molar-refractivity contribution is 5.57. The summed E-state index contributed by atoms with van der Waals surface area (Å²) in [4.78, 5) is 2.39. The Bertz CT molecular complexity index is 580. The van der Waals surface area contributed by atoms with Gasteiger partial charge in [-0.15, -0.1) is 0 Å². The van der Waals surface area contributed by atoms with Gasteiger partial charge in [0.1, 0.15) is 5.82 Å². The van der Waals surface area contributed by atoms with Crippen LogP contribution < -0.4 is 10.6 Å². The van der Waals surface area contributed by atoms with Gasteiger partial charge in [-0.25, -0.2) is 4.39 Å². The maximum absolute atomic E-state index is 12.9. The molecular weight excluding hydrogens is 251 g/mol. The molecule has 0 aromatic heterocycles. The van der Waals surface area contributed by atoms with Crippen LogP contribution in [0, 0.1) is 5.82 Å². The van der Waals surface area contributed by atoms with Gasteiger partial charge in [0.25, 0.3) is 0 Å². The van der Waals surface area contributed by atoms with E-state index in [9.17, 15) is 4.39 Å². The Morgan fingerprint density at radius 3 is 2.65 bits per heavy atom. The van der Waals surface area contributed by atoms with Crippen molar-refractivity contribution in [3.05, 3.63) is 65.5 Å². The lowest BCUT2D eigenvalue weighted by Gasteiger charge is -2.21. The number of hydrogen-bond donors (Lipinski definition) is 1. The van der Waals surface area contributed by atoms with E-state index in [4.69, 9.17) is 5.73 Å². The molecule has 104 valence electrons. The molecule has 20 heavy (non-hydrogen) atoms. The van der Waals surface area contributed by atoms with Crippen LogP contribution in [-0.4, -0.2) is 13.1 Å². The first-order chi connectivity index (χ1) is 9.74. The highest BCUT2D eigenvalue weighted by Gasteiger charge is 2.18. The molecule has 3 rings (SSSR count). The lowest BCUT2D eigenvalue weighted by atomic mass is 10.0. The van der Waals surface area contributed by atoms with Crippen molar-refractivity contribution in [3.63, 3.8) is 0 Å². The highest BCUT2D eigenvalue weighted by atomic mass is 19.1. The van der Waals surface area contributed by atoms with Crippen molar-refractivity contribution in [2.75, 3.05) is 18.0 Å². The van der Waals surface area contributed by atoms with Gasteiger partial charge in [-0.2, -0.15) is 0 Å². The van der Waals surface area contributed by atoms with Gasteiger partial charge in [-0.3, -0.25) is 0 Å². The van der Waals surface area contributed by atoms with E-state index in [1.165, 1.54) is 23.4 Å². The molecule has 2 nitrogen and oxygen atoms in total. The van der Waals surface area contributed by atoms with E-state index in [1.807, 2.05) is 0 Å². The molecule has 1 aliphatic rings. The van der Waals surface area contributed by atoms with Crippen molar-refractivity contribution in [2.45, 2.75) is 18.9 Å². The minimum atomic E-state index is -0.213. The summed E-state index contributed by atoms with van der Waals surface area (Å²) in [6, 6.07) is 15.0. The number of benzene rings is 2. The summed E-state index contributed by atoms with van der Waals surface area (Å²) >= 11 is 0. The van der Waals surface area contributed by atoms with Crippen LogP contribution in [0.3, 0.4) is 0 Å². The fraction of sp³-hybridized carbons (Fsp3) is 0.294. The smallest absolute Gasteiger partial charge is 0.123 e. The first kappa shape index (κ1) is 13.1. The molecule has 1 unspecified atom stereocenters. The fourth-order valence-electron chi connectivity index (χ4n) is 2.81. The molecule has 2 N–H and O–H groups in total. The quantitative estimate of drug-likeness (QED) is 0.924. The summed E-state index contributed by atoms with van der Waals surface area (Å²) in [7, 11) is 0. The van der Waals surface area contributed by atoms with Crippen molar-refractivity contribution in [1.29, 1.82) is 0 Å². The van der Waals surface area contributed by atoms with Crippen molar-refractivity contribution >= 4 is 5.69 Å². The molecule has 0 saturated carbocycles. The number of hydrogen-bond acceptors (Lipinski definition) is 2. The zero-order valence-electron chi connectivity index (χ0n) is 11.4. The molecule has 1 aliphatic heterocycles. The summed E-state index contributed by atoms with van der Waals surface area (Å²) in [5.41, 5.74) is 9.94. The minimum absolute atomic E-state index is 0.0386. The predicted molar refractivity (Wildman–Crippen MR) is 80.3 cm³/mol. The van der Waals surface area contributed by atoms with Crippen molar-refractivity contribution < 1.29 is 4.39 Å². The standard InChI is InChI=1S/C17H19FN2/c18-15-7-5-13(6-8-15)16(19)10-12-20-11-9-14-3-1-2-4-17(14)20/h1-8,16H,9-12,19H2. The number of nitrogens with zero attached hydrogens (tertiary/aromatic N) is 1. The van der Waals surface area contributed by atoms with Crippen LogP contribution in [0.4, 0.5) is 10.1 Å². The monoisotopic (exact) mass is 270 g/mol. The molecule has 2 aromatic carbocycles. The summed E-state index contributed by atoms with van der Waals surface area (Å²) in [5.74, 6) is -0.213. The molecule has 0 radical (unpaired) electrons. The summed E-state index contributed by atoms with van der Waals surface area (Å²) < 4.78 is 12.9. The maximum Gasteiger partial charge on any atom is 0.123 e. The number of para-hydroxylation sites is 1. The average molecular weight is 270 g/mol. The second-order valence-electron chi connectivity index (χ2n) is 5.31. The Balaban J connectivity index is 1.62. The largest absolute Gasteiger partial charge is 0.371 e. The Morgan fingerprint density at radius 1 is 1.10 bits per heavy atom. The van der Waals surface area contributed by atoms with E-state index in [1.54, 1.807) is 12.1 Å². The van der Waals surface area contributed by atoms with Gasteiger partial charge in [0.05, 0.1) is 0 Å². The van der Waals surface area contributed by atoms with E-state index in [2.05, 4.69) is 29.2 Å². The normalized spacial score (nSPS) is 15.2. The first-order valence-corrected chi connectivity index (χ1v) is 7.08. The molecule has 1 atom stereocenters. The van der Waals surface area contributed by atoms with Crippen LogP contribution in [-0.2, 0) is 6.42 Å². The fourth-order valence-corrected chi connectivity index (χ4v) is 2.81. The van der Waals surface area contributed by atoms with E-state index in [-0.39, 0.29) is 11.9 Å². The van der Waals surface area contributed by atoms with Crippen LogP contribution in [0.25, 0.3) is 0 Å². The van der Waals surface area contributed by atoms with Gasteiger partial charge < -0.3 is 10.6 Å². The second-order valence-corrected chi connectivity index (χ2v) is 5.31. The van der Waals surface area contributed by atoms with Crippen molar-refractivity contribution in [1.82, 2.24) is 0 Å². The SMILES string of the molecule is NC(CCN1CCc2ccccc21)c1ccc(F)cc1. The molecule has 0 amide bonds. The molecule has 2 aromatic rings.